The van der Waals surface area contributed by atoms with Crippen LogP contribution in [-0.4, -0.2) is 17.9 Å². The van der Waals surface area contributed by atoms with Crippen molar-refractivity contribution in [2.24, 2.45) is 5.92 Å². The summed E-state index contributed by atoms with van der Waals surface area (Å²) in [6.45, 7) is 5.69. The van der Waals surface area contributed by atoms with E-state index in [1.807, 2.05) is 0 Å². The van der Waals surface area contributed by atoms with Gasteiger partial charge in [-0.2, -0.15) is 0 Å². The van der Waals surface area contributed by atoms with Gasteiger partial charge in [-0.05, 0) is 26.2 Å². The quantitative estimate of drug-likeness (QED) is 0.399. The van der Waals surface area contributed by atoms with Gasteiger partial charge in [0.05, 0.1) is 6.61 Å². The van der Waals surface area contributed by atoms with Gasteiger partial charge in [-0.25, -0.2) is 0 Å². The van der Waals surface area contributed by atoms with Crippen LogP contribution < -0.4 is 0 Å². The van der Waals surface area contributed by atoms with Gasteiger partial charge in [0.2, 0.25) is 0 Å². The zero-order valence-electron chi connectivity index (χ0n) is 7.00. The van der Waals surface area contributed by atoms with Crippen molar-refractivity contribution >= 4 is 8.15 Å². The molecule has 3 heterocycles. The van der Waals surface area contributed by atoms with Gasteiger partial charge in [-0.15, -0.1) is 0 Å². The van der Waals surface area contributed by atoms with Crippen LogP contribution in [-0.2, 0) is 4.52 Å². The lowest BCUT2D eigenvalue weighted by Gasteiger charge is -2.22. The Labute approximate surface area is 68.7 Å². The lowest BCUT2D eigenvalue weighted by Crippen LogP contribution is -2.19. The van der Waals surface area contributed by atoms with Crippen LogP contribution in [0.2, 0.25) is 0 Å². The minimum Gasteiger partial charge on any atom is -0.358 e. The highest BCUT2D eigenvalue weighted by Gasteiger charge is 2.55. The van der Waals surface area contributed by atoms with Gasteiger partial charge in [-0.3, -0.25) is 0 Å². The molecule has 0 saturated carbocycles. The molecule has 1 unspecified atom stereocenters. The van der Waals surface area contributed by atoms with Crippen molar-refractivity contribution in [3.63, 3.8) is 0 Å². The average Bonchev–Trinajstić information content (AvgIpc) is 2.61. The molecule has 0 radical (unpaired) electrons. The Kier molecular flexibility index (Phi) is 1.14. The van der Waals surface area contributed by atoms with E-state index < -0.39 is 0 Å². The molecule has 0 aromatic carbocycles. The van der Waals surface area contributed by atoms with Gasteiger partial charge in [0, 0.05) is 19.5 Å². The smallest absolute Gasteiger partial charge is 0.0548 e. The molecule has 0 spiro atoms. The molecule has 0 amide bonds. The van der Waals surface area contributed by atoms with Crippen molar-refractivity contribution in [2.75, 3.05) is 6.61 Å². The Morgan fingerprint density at radius 3 is 2.82 bits per heavy atom. The standard InChI is InChI=1S/C9H13OP/c1-5-6(2)9-7-3-8(5)11(9)10-4-7/h7-9H,3-4H2,1-2H3/t7-,8+,9+,11?/m1/s1. The van der Waals surface area contributed by atoms with Crippen molar-refractivity contribution < 1.29 is 4.52 Å². The number of allylic oxidation sites excluding steroid dienone is 2. The van der Waals surface area contributed by atoms with E-state index in [0.717, 1.165) is 23.8 Å². The molecule has 3 rings (SSSR count). The first kappa shape index (κ1) is 6.62. The monoisotopic (exact) mass is 168 g/mol. The Morgan fingerprint density at radius 1 is 1.36 bits per heavy atom. The summed E-state index contributed by atoms with van der Waals surface area (Å²) < 4.78 is 5.80. The van der Waals surface area contributed by atoms with E-state index in [1.54, 1.807) is 11.1 Å². The first-order chi connectivity index (χ1) is 5.29. The van der Waals surface area contributed by atoms with Gasteiger partial charge >= 0.3 is 0 Å². The maximum absolute atomic E-state index is 5.80. The highest BCUT2D eigenvalue weighted by molar-refractivity contribution is 7.56. The van der Waals surface area contributed by atoms with Crippen molar-refractivity contribution in [3.05, 3.63) is 11.1 Å². The molecule has 2 fully saturated rings. The Bertz CT molecular complexity index is 246. The van der Waals surface area contributed by atoms with Crippen molar-refractivity contribution in [1.29, 1.82) is 0 Å². The molecule has 11 heavy (non-hydrogen) atoms. The summed E-state index contributed by atoms with van der Waals surface area (Å²) in [5.41, 5.74) is 5.09. The summed E-state index contributed by atoms with van der Waals surface area (Å²) in [6.07, 6.45) is 1.44. The minimum atomic E-state index is -0.0329. The van der Waals surface area contributed by atoms with E-state index in [9.17, 15) is 0 Å². The molecule has 3 aliphatic heterocycles. The predicted molar refractivity (Wildman–Crippen MR) is 46.9 cm³/mol. The normalized spacial score (nSPS) is 52.9. The molecule has 60 valence electrons. The Hall–Kier alpha value is 0.130. The van der Waals surface area contributed by atoms with Crippen LogP contribution in [0.25, 0.3) is 0 Å². The fraction of sp³-hybridized carbons (Fsp3) is 0.778. The number of hydrogen-bond acceptors (Lipinski definition) is 1. The van der Waals surface area contributed by atoms with Gasteiger partial charge in [-0.1, -0.05) is 11.1 Å². The van der Waals surface area contributed by atoms with E-state index in [2.05, 4.69) is 13.8 Å². The molecule has 1 nitrogen and oxygen atoms in total. The summed E-state index contributed by atoms with van der Waals surface area (Å²) in [6, 6.07) is 0. The summed E-state index contributed by atoms with van der Waals surface area (Å²) in [4.78, 5) is 0. The first-order valence-electron chi connectivity index (χ1n) is 4.37. The molecule has 2 saturated heterocycles. The van der Waals surface area contributed by atoms with E-state index >= 15 is 0 Å². The molecule has 4 atom stereocenters. The summed E-state index contributed by atoms with van der Waals surface area (Å²) in [7, 11) is -0.0329. The van der Waals surface area contributed by atoms with Gasteiger partial charge in [0.25, 0.3) is 0 Å². The van der Waals surface area contributed by atoms with E-state index in [4.69, 9.17) is 4.52 Å². The van der Waals surface area contributed by atoms with Crippen LogP contribution >= 0.6 is 8.15 Å². The second-order valence-electron chi connectivity index (χ2n) is 3.98. The number of hydrogen-bond donors (Lipinski definition) is 0. The summed E-state index contributed by atoms with van der Waals surface area (Å²) >= 11 is 0. The van der Waals surface area contributed by atoms with Crippen molar-refractivity contribution in [2.45, 2.75) is 31.6 Å². The zero-order chi connectivity index (χ0) is 7.59. The van der Waals surface area contributed by atoms with Gasteiger partial charge < -0.3 is 4.52 Å². The molecular formula is C9H13OP. The lowest BCUT2D eigenvalue weighted by molar-refractivity contribution is 0.287. The van der Waals surface area contributed by atoms with E-state index in [0.29, 0.717) is 0 Å². The van der Waals surface area contributed by atoms with Gasteiger partial charge in [0.1, 0.15) is 0 Å². The van der Waals surface area contributed by atoms with E-state index in [-0.39, 0.29) is 8.15 Å². The second kappa shape index (κ2) is 1.89. The van der Waals surface area contributed by atoms with Gasteiger partial charge in [0.15, 0.2) is 0 Å². The molecule has 2 heteroatoms. The maximum Gasteiger partial charge on any atom is 0.0548 e. The van der Waals surface area contributed by atoms with Crippen LogP contribution in [0.1, 0.15) is 20.3 Å². The summed E-state index contributed by atoms with van der Waals surface area (Å²) in [5.74, 6) is 0.912. The van der Waals surface area contributed by atoms with Crippen LogP contribution in [0.5, 0.6) is 0 Å². The third-order valence-corrected chi connectivity index (χ3v) is 6.57. The highest BCUT2D eigenvalue weighted by Crippen LogP contribution is 2.72. The predicted octanol–water partition coefficient (Wildman–Crippen LogP) is 2.52. The molecule has 0 aromatic heterocycles. The fourth-order valence-corrected chi connectivity index (χ4v) is 6.21. The highest BCUT2D eigenvalue weighted by atomic mass is 31.1. The SMILES string of the molecule is CC1=C(C)[C@H]2[C@H]3COP2[C@H]1C3. The lowest BCUT2D eigenvalue weighted by atomic mass is 9.86. The zero-order valence-corrected chi connectivity index (χ0v) is 7.90. The van der Waals surface area contributed by atoms with E-state index in [1.165, 1.54) is 6.42 Å². The molecule has 4 bridgehead atoms. The first-order valence-corrected chi connectivity index (χ1v) is 5.77. The maximum atomic E-state index is 5.80. The summed E-state index contributed by atoms with van der Waals surface area (Å²) in [5, 5.41) is 0. The Morgan fingerprint density at radius 2 is 2.18 bits per heavy atom. The molecule has 0 N–H and O–H groups in total. The molecule has 0 aromatic rings. The van der Waals surface area contributed by atoms with Crippen molar-refractivity contribution in [3.8, 4) is 0 Å². The topological polar surface area (TPSA) is 9.23 Å². The van der Waals surface area contributed by atoms with Crippen molar-refractivity contribution in [1.82, 2.24) is 0 Å². The minimum absolute atomic E-state index is 0.0329. The van der Waals surface area contributed by atoms with Crippen LogP contribution in [0, 0.1) is 5.92 Å². The average molecular weight is 168 g/mol. The second-order valence-corrected chi connectivity index (χ2v) is 6.14. The number of rotatable bonds is 0. The third kappa shape index (κ3) is 0.610. The largest absolute Gasteiger partial charge is 0.358 e. The molecule has 0 aliphatic carbocycles. The Balaban J connectivity index is 2.10. The van der Waals surface area contributed by atoms with Crippen LogP contribution in [0.15, 0.2) is 11.1 Å². The van der Waals surface area contributed by atoms with Crippen LogP contribution in [0.3, 0.4) is 0 Å². The molecule has 3 aliphatic rings. The fourth-order valence-electron chi connectivity index (χ4n) is 2.84. The third-order valence-electron chi connectivity index (χ3n) is 3.56. The van der Waals surface area contributed by atoms with Crippen LogP contribution in [0.4, 0.5) is 0 Å². The molecular weight excluding hydrogens is 155 g/mol.